The molecule has 1 aliphatic rings. The van der Waals surface area contributed by atoms with Crippen LogP contribution in [-0.2, 0) is 0 Å². The molecule has 1 rings (SSSR count). The molecule has 1 N–H and O–H groups in total. The summed E-state index contributed by atoms with van der Waals surface area (Å²) in [6.45, 7) is 6.61. The van der Waals surface area contributed by atoms with Crippen molar-refractivity contribution in [2.45, 2.75) is 46.1 Å². The Labute approximate surface area is 69.8 Å². The second-order valence-electron chi connectivity index (χ2n) is 4.14. The molecule has 0 aromatic rings. The van der Waals surface area contributed by atoms with Gasteiger partial charge in [-0.3, -0.25) is 0 Å². The number of hydrogen-bond donors (Lipinski definition) is 1. The van der Waals surface area contributed by atoms with E-state index in [1.807, 2.05) is 0 Å². The van der Waals surface area contributed by atoms with Crippen LogP contribution in [0.5, 0.6) is 0 Å². The van der Waals surface area contributed by atoms with E-state index in [0.29, 0.717) is 17.8 Å². The van der Waals surface area contributed by atoms with Crippen molar-refractivity contribution in [1.82, 2.24) is 0 Å². The Balaban J connectivity index is 2.48. The molecule has 0 aliphatic heterocycles. The molecule has 1 aliphatic carbocycles. The fourth-order valence-corrected chi connectivity index (χ4v) is 2.27. The minimum absolute atomic E-state index is 0.0139. The van der Waals surface area contributed by atoms with Crippen LogP contribution >= 0.6 is 0 Å². The Morgan fingerprint density at radius 3 is 2.27 bits per heavy atom. The smallest absolute Gasteiger partial charge is 0.0598 e. The molecule has 0 heterocycles. The third-order valence-electron chi connectivity index (χ3n) is 3.17. The quantitative estimate of drug-likeness (QED) is 0.651. The van der Waals surface area contributed by atoms with Gasteiger partial charge in [0, 0.05) is 0 Å². The van der Waals surface area contributed by atoms with Crippen molar-refractivity contribution >= 4 is 0 Å². The Hall–Kier alpha value is -0.0400. The molecule has 0 spiro atoms. The number of aliphatic hydroxyl groups is 1. The van der Waals surface area contributed by atoms with Crippen molar-refractivity contribution in [3.8, 4) is 0 Å². The Morgan fingerprint density at radius 1 is 1.36 bits per heavy atom. The van der Waals surface area contributed by atoms with E-state index in [4.69, 9.17) is 0 Å². The largest absolute Gasteiger partial charge is 0.393 e. The summed E-state index contributed by atoms with van der Waals surface area (Å²) >= 11 is 0. The highest BCUT2D eigenvalue weighted by atomic mass is 16.3. The molecule has 3 atom stereocenters. The van der Waals surface area contributed by atoms with E-state index in [2.05, 4.69) is 20.8 Å². The van der Waals surface area contributed by atoms with Gasteiger partial charge in [0.15, 0.2) is 0 Å². The Kier molecular flexibility index (Phi) is 2.94. The highest BCUT2D eigenvalue weighted by molar-refractivity contribution is 4.85. The van der Waals surface area contributed by atoms with Crippen LogP contribution in [-0.4, -0.2) is 11.2 Å². The van der Waals surface area contributed by atoms with Crippen molar-refractivity contribution in [2.75, 3.05) is 0 Å². The molecule has 1 fully saturated rings. The van der Waals surface area contributed by atoms with Gasteiger partial charge in [0.25, 0.3) is 0 Å². The normalized spacial score (nSPS) is 38.5. The average molecular weight is 156 g/mol. The molecule has 0 bridgehead atoms. The first-order valence-electron chi connectivity index (χ1n) is 4.84. The van der Waals surface area contributed by atoms with E-state index in [9.17, 15) is 5.11 Å². The van der Waals surface area contributed by atoms with Gasteiger partial charge in [-0.2, -0.15) is 0 Å². The van der Waals surface area contributed by atoms with Crippen molar-refractivity contribution in [3.05, 3.63) is 0 Å². The maximum atomic E-state index is 9.82. The van der Waals surface area contributed by atoms with Crippen molar-refractivity contribution in [2.24, 2.45) is 17.8 Å². The first kappa shape index (κ1) is 9.05. The Morgan fingerprint density at radius 2 is 2.00 bits per heavy atom. The lowest BCUT2D eigenvalue weighted by Gasteiger charge is -2.21. The topological polar surface area (TPSA) is 20.2 Å². The monoisotopic (exact) mass is 156 g/mol. The van der Waals surface area contributed by atoms with E-state index >= 15 is 0 Å². The summed E-state index contributed by atoms with van der Waals surface area (Å²) in [4.78, 5) is 0. The summed E-state index contributed by atoms with van der Waals surface area (Å²) in [7, 11) is 0. The van der Waals surface area contributed by atoms with Gasteiger partial charge >= 0.3 is 0 Å². The molecule has 3 unspecified atom stereocenters. The van der Waals surface area contributed by atoms with Gasteiger partial charge in [0.1, 0.15) is 0 Å². The lowest BCUT2D eigenvalue weighted by molar-refractivity contribution is 0.0701. The summed E-state index contributed by atoms with van der Waals surface area (Å²) < 4.78 is 0. The molecule has 1 heteroatoms. The molecule has 0 amide bonds. The van der Waals surface area contributed by atoms with Gasteiger partial charge in [-0.25, -0.2) is 0 Å². The van der Waals surface area contributed by atoms with Gasteiger partial charge in [-0.05, 0) is 30.6 Å². The zero-order valence-electron chi connectivity index (χ0n) is 7.88. The minimum atomic E-state index is -0.0139. The highest BCUT2D eigenvalue weighted by Gasteiger charge is 2.34. The average Bonchev–Trinajstić information content (AvgIpc) is 2.30. The second kappa shape index (κ2) is 3.57. The number of rotatable bonds is 2. The van der Waals surface area contributed by atoms with Crippen LogP contribution in [0.2, 0.25) is 0 Å². The summed E-state index contributed by atoms with van der Waals surface area (Å²) in [6.07, 6.45) is 3.60. The van der Waals surface area contributed by atoms with Gasteiger partial charge in [-0.1, -0.05) is 27.2 Å². The van der Waals surface area contributed by atoms with Crippen LogP contribution in [0.3, 0.4) is 0 Å². The third kappa shape index (κ3) is 1.76. The van der Waals surface area contributed by atoms with E-state index < -0.39 is 0 Å². The van der Waals surface area contributed by atoms with Crippen LogP contribution in [0.25, 0.3) is 0 Å². The van der Waals surface area contributed by atoms with Crippen LogP contribution in [0.1, 0.15) is 40.0 Å². The molecule has 11 heavy (non-hydrogen) atoms. The maximum Gasteiger partial charge on any atom is 0.0598 e. The van der Waals surface area contributed by atoms with E-state index in [-0.39, 0.29) is 6.10 Å². The van der Waals surface area contributed by atoms with Gasteiger partial charge in [-0.15, -0.1) is 0 Å². The van der Waals surface area contributed by atoms with E-state index in [1.165, 1.54) is 12.8 Å². The first-order valence-corrected chi connectivity index (χ1v) is 4.84. The van der Waals surface area contributed by atoms with Crippen molar-refractivity contribution < 1.29 is 5.11 Å². The minimum Gasteiger partial charge on any atom is -0.393 e. The molecule has 66 valence electrons. The molecule has 1 nitrogen and oxygen atoms in total. The van der Waals surface area contributed by atoms with Crippen LogP contribution in [0.15, 0.2) is 0 Å². The number of aliphatic hydroxyl groups excluding tert-OH is 1. The van der Waals surface area contributed by atoms with Crippen LogP contribution < -0.4 is 0 Å². The van der Waals surface area contributed by atoms with E-state index in [0.717, 1.165) is 6.42 Å². The van der Waals surface area contributed by atoms with Crippen LogP contribution in [0, 0.1) is 17.8 Å². The lowest BCUT2D eigenvalue weighted by atomic mass is 9.90. The third-order valence-corrected chi connectivity index (χ3v) is 3.17. The van der Waals surface area contributed by atoms with Gasteiger partial charge in [0.2, 0.25) is 0 Å². The summed E-state index contributed by atoms with van der Waals surface area (Å²) in [6, 6.07) is 0. The number of hydrogen-bond acceptors (Lipinski definition) is 1. The maximum absolute atomic E-state index is 9.82. The SMILES string of the molecule is CCC1CCC(C(C)C)C1O. The second-order valence-corrected chi connectivity index (χ2v) is 4.14. The molecule has 1 saturated carbocycles. The zero-order valence-corrected chi connectivity index (χ0v) is 7.88. The van der Waals surface area contributed by atoms with Crippen molar-refractivity contribution in [3.63, 3.8) is 0 Å². The molecule has 0 aromatic heterocycles. The predicted octanol–water partition coefficient (Wildman–Crippen LogP) is 2.44. The molecular weight excluding hydrogens is 136 g/mol. The van der Waals surface area contributed by atoms with Gasteiger partial charge in [0.05, 0.1) is 6.10 Å². The highest BCUT2D eigenvalue weighted by Crippen LogP contribution is 2.37. The lowest BCUT2D eigenvalue weighted by Crippen LogP contribution is -2.24. The fraction of sp³-hybridized carbons (Fsp3) is 1.00. The van der Waals surface area contributed by atoms with Gasteiger partial charge < -0.3 is 5.11 Å². The van der Waals surface area contributed by atoms with Crippen LogP contribution in [0.4, 0.5) is 0 Å². The summed E-state index contributed by atoms with van der Waals surface area (Å²) in [5.74, 6) is 1.81. The summed E-state index contributed by atoms with van der Waals surface area (Å²) in [5, 5.41) is 9.82. The summed E-state index contributed by atoms with van der Waals surface area (Å²) in [5.41, 5.74) is 0. The van der Waals surface area contributed by atoms with Crippen molar-refractivity contribution in [1.29, 1.82) is 0 Å². The molecule has 0 aromatic carbocycles. The molecule has 0 saturated heterocycles. The molecule has 0 radical (unpaired) electrons. The fourth-order valence-electron chi connectivity index (χ4n) is 2.27. The zero-order chi connectivity index (χ0) is 8.43. The molecular formula is C10H20O. The predicted molar refractivity (Wildman–Crippen MR) is 47.3 cm³/mol. The standard InChI is InChI=1S/C10H20O/c1-4-8-5-6-9(7(2)3)10(8)11/h7-11H,4-6H2,1-3H3. The van der Waals surface area contributed by atoms with E-state index in [1.54, 1.807) is 0 Å². The Bertz CT molecular complexity index is 120. The first-order chi connectivity index (χ1) is 5.16.